The Bertz CT molecular complexity index is 1390. The first-order valence-corrected chi connectivity index (χ1v) is 12.1. The molecule has 1 N–H and O–H groups in total. The summed E-state index contributed by atoms with van der Waals surface area (Å²) < 4.78 is 6.00. The van der Waals surface area contributed by atoms with Crippen molar-refractivity contribution in [1.82, 2.24) is 4.90 Å². The van der Waals surface area contributed by atoms with Crippen LogP contribution in [0.25, 0.3) is 5.76 Å². The van der Waals surface area contributed by atoms with Crippen LogP contribution in [-0.4, -0.2) is 21.7 Å². The molecule has 1 aliphatic rings. The zero-order valence-electron chi connectivity index (χ0n) is 19.0. The highest BCUT2D eigenvalue weighted by atomic mass is 32.1. The molecule has 4 aromatic rings. The van der Waals surface area contributed by atoms with Gasteiger partial charge in [-0.3, -0.25) is 9.59 Å². The smallest absolute Gasteiger partial charge is 0.295 e. The van der Waals surface area contributed by atoms with Gasteiger partial charge < -0.3 is 14.7 Å². The fourth-order valence-corrected chi connectivity index (χ4v) is 4.90. The van der Waals surface area contributed by atoms with Gasteiger partial charge in [0.25, 0.3) is 11.7 Å². The molecule has 1 amide bonds. The lowest BCUT2D eigenvalue weighted by Crippen LogP contribution is -2.28. The second-order valence-corrected chi connectivity index (χ2v) is 9.39. The van der Waals surface area contributed by atoms with Gasteiger partial charge in [-0.15, -0.1) is 11.3 Å². The molecule has 3 aromatic carbocycles. The molecule has 1 saturated heterocycles. The largest absolute Gasteiger partial charge is 0.507 e. The van der Waals surface area contributed by atoms with E-state index in [0.29, 0.717) is 22.6 Å². The molecule has 5 rings (SSSR count). The average Bonchev–Trinajstić information content (AvgIpc) is 3.47. The minimum Gasteiger partial charge on any atom is -0.507 e. The fourth-order valence-electron chi connectivity index (χ4n) is 4.20. The maximum absolute atomic E-state index is 13.2. The number of aliphatic hydroxyl groups is 1. The summed E-state index contributed by atoms with van der Waals surface area (Å²) in [5.74, 6) is -0.260. The number of carbonyl (C=O) groups is 2. The van der Waals surface area contributed by atoms with Gasteiger partial charge in [-0.2, -0.15) is 0 Å². The minimum atomic E-state index is -0.752. The van der Waals surface area contributed by atoms with Crippen molar-refractivity contribution in [2.24, 2.45) is 0 Å². The number of hydrogen-bond acceptors (Lipinski definition) is 5. The highest BCUT2D eigenvalue weighted by Crippen LogP contribution is 2.41. The van der Waals surface area contributed by atoms with E-state index in [1.54, 1.807) is 12.1 Å². The Balaban J connectivity index is 1.61. The molecule has 5 nitrogen and oxygen atoms in total. The standard InChI is InChI=1S/C29H23NO4S/c1-19-12-14-20(15-13-19)27(31)25-26(30(29(33)28(25)32)18-24-11-6-16-35-24)21-7-5-10-23(17-21)34-22-8-3-2-4-9-22/h2-17,26,31H,18H2,1H3/b27-25-. The van der Waals surface area contributed by atoms with Crippen LogP contribution in [0.1, 0.15) is 27.6 Å². The SMILES string of the molecule is Cc1ccc(/C(O)=C2/C(=O)C(=O)N(Cc3cccs3)C2c2cccc(Oc3ccccc3)c2)cc1. The van der Waals surface area contributed by atoms with Crippen LogP contribution in [0, 0.1) is 6.92 Å². The Hall–Kier alpha value is -4.16. The molecule has 0 radical (unpaired) electrons. The van der Waals surface area contributed by atoms with Crippen LogP contribution < -0.4 is 4.74 Å². The molecule has 1 fully saturated rings. The maximum Gasteiger partial charge on any atom is 0.295 e. The van der Waals surface area contributed by atoms with Gasteiger partial charge >= 0.3 is 0 Å². The molecular formula is C29H23NO4S. The number of hydrogen-bond donors (Lipinski definition) is 1. The second kappa shape index (κ2) is 9.60. The van der Waals surface area contributed by atoms with Crippen molar-refractivity contribution >= 4 is 28.8 Å². The quantitative estimate of drug-likeness (QED) is 0.195. The third-order valence-corrected chi connectivity index (χ3v) is 6.79. The van der Waals surface area contributed by atoms with Gasteiger partial charge in [-0.1, -0.05) is 66.2 Å². The molecule has 174 valence electrons. The first-order chi connectivity index (χ1) is 17.0. The van der Waals surface area contributed by atoms with Crippen molar-refractivity contribution in [2.75, 3.05) is 0 Å². The van der Waals surface area contributed by atoms with Crippen molar-refractivity contribution in [1.29, 1.82) is 0 Å². The molecule has 0 aliphatic carbocycles. The van der Waals surface area contributed by atoms with Gasteiger partial charge in [0.1, 0.15) is 17.3 Å². The van der Waals surface area contributed by atoms with Gasteiger partial charge in [0.05, 0.1) is 18.2 Å². The van der Waals surface area contributed by atoms with Gasteiger partial charge in [-0.05, 0) is 48.2 Å². The molecule has 2 heterocycles. The average molecular weight is 482 g/mol. The predicted molar refractivity (Wildman–Crippen MR) is 136 cm³/mol. The number of likely N-dealkylation sites (tertiary alicyclic amines) is 1. The highest BCUT2D eigenvalue weighted by Gasteiger charge is 2.46. The summed E-state index contributed by atoms with van der Waals surface area (Å²) in [4.78, 5) is 28.9. The van der Waals surface area contributed by atoms with Crippen LogP contribution in [0.5, 0.6) is 11.5 Å². The number of nitrogens with zero attached hydrogens (tertiary/aromatic N) is 1. The zero-order chi connectivity index (χ0) is 24.4. The first-order valence-electron chi connectivity index (χ1n) is 11.2. The molecule has 1 unspecified atom stereocenters. The lowest BCUT2D eigenvalue weighted by atomic mass is 9.95. The van der Waals surface area contributed by atoms with E-state index in [1.165, 1.54) is 16.2 Å². The summed E-state index contributed by atoms with van der Waals surface area (Å²) in [5, 5.41) is 13.2. The van der Waals surface area contributed by atoms with E-state index in [2.05, 4.69) is 0 Å². The van der Waals surface area contributed by atoms with Crippen LogP contribution in [-0.2, 0) is 16.1 Å². The zero-order valence-corrected chi connectivity index (χ0v) is 19.9. The number of rotatable bonds is 6. The van der Waals surface area contributed by atoms with Crippen molar-refractivity contribution in [3.63, 3.8) is 0 Å². The lowest BCUT2D eigenvalue weighted by molar-refractivity contribution is -0.140. The molecule has 0 saturated carbocycles. The summed E-state index contributed by atoms with van der Waals surface area (Å²) in [7, 11) is 0. The van der Waals surface area contributed by atoms with E-state index in [0.717, 1.165) is 10.4 Å². The molecular weight excluding hydrogens is 458 g/mol. The van der Waals surface area contributed by atoms with Crippen molar-refractivity contribution in [3.8, 4) is 11.5 Å². The molecule has 1 atom stereocenters. The number of aliphatic hydroxyl groups excluding tert-OH is 1. The van der Waals surface area contributed by atoms with Crippen LogP contribution >= 0.6 is 11.3 Å². The maximum atomic E-state index is 13.2. The Labute approximate surface area is 207 Å². The molecule has 6 heteroatoms. The molecule has 1 aromatic heterocycles. The van der Waals surface area contributed by atoms with Crippen molar-refractivity contribution in [3.05, 3.63) is 124 Å². The van der Waals surface area contributed by atoms with Gasteiger partial charge in [0, 0.05) is 10.4 Å². The summed E-state index contributed by atoms with van der Waals surface area (Å²) >= 11 is 1.51. The number of carbonyl (C=O) groups excluding carboxylic acids is 2. The number of ketones is 1. The van der Waals surface area contributed by atoms with Crippen molar-refractivity contribution < 1.29 is 19.4 Å². The summed E-state index contributed by atoms with van der Waals surface area (Å²) in [5.41, 5.74) is 2.28. The normalized spacial score (nSPS) is 17.1. The van der Waals surface area contributed by atoms with E-state index >= 15 is 0 Å². The second-order valence-electron chi connectivity index (χ2n) is 8.36. The Kier molecular flexibility index (Phi) is 6.21. The summed E-state index contributed by atoms with van der Waals surface area (Å²) in [6.07, 6.45) is 0. The third kappa shape index (κ3) is 4.61. The van der Waals surface area contributed by atoms with Crippen molar-refractivity contribution in [2.45, 2.75) is 19.5 Å². The molecule has 0 spiro atoms. The topological polar surface area (TPSA) is 66.8 Å². The van der Waals surface area contributed by atoms with E-state index in [9.17, 15) is 14.7 Å². The van der Waals surface area contributed by atoms with E-state index in [4.69, 9.17) is 4.74 Å². The summed E-state index contributed by atoms with van der Waals surface area (Å²) in [6.45, 7) is 2.21. The van der Waals surface area contributed by atoms with E-state index < -0.39 is 17.7 Å². The number of thiophene rings is 1. The van der Waals surface area contributed by atoms with Crippen LogP contribution in [0.15, 0.2) is 102 Å². The number of Topliss-reactive ketones (excluding diaryl/α,β-unsaturated/α-hetero) is 1. The molecule has 1 aliphatic heterocycles. The Morgan fingerprint density at radius 2 is 1.66 bits per heavy atom. The minimum absolute atomic E-state index is 0.0762. The molecule has 0 bridgehead atoms. The van der Waals surface area contributed by atoms with Crippen LogP contribution in [0.4, 0.5) is 0 Å². The van der Waals surface area contributed by atoms with Crippen LogP contribution in [0.3, 0.4) is 0 Å². The molecule has 35 heavy (non-hydrogen) atoms. The fraction of sp³-hybridized carbons (Fsp3) is 0.103. The van der Waals surface area contributed by atoms with Gasteiger partial charge in [0.2, 0.25) is 0 Å². The first kappa shape index (κ1) is 22.6. The monoisotopic (exact) mass is 481 g/mol. The number of para-hydroxylation sites is 1. The highest BCUT2D eigenvalue weighted by molar-refractivity contribution is 7.09. The van der Waals surface area contributed by atoms with Gasteiger partial charge in [-0.25, -0.2) is 0 Å². The Morgan fingerprint density at radius 1 is 0.914 bits per heavy atom. The van der Waals surface area contributed by atoms with E-state index in [1.807, 2.05) is 91.2 Å². The number of ether oxygens (including phenoxy) is 1. The van der Waals surface area contributed by atoms with E-state index in [-0.39, 0.29) is 17.9 Å². The number of amides is 1. The Morgan fingerprint density at radius 3 is 2.37 bits per heavy atom. The lowest BCUT2D eigenvalue weighted by Gasteiger charge is -2.25. The predicted octanol–water partition coefficient (Wildman–Crippen LogP) is 6.47. The van der Waals surface area contributed by atoms with Gasteiger partial charge in [0.15, 0.2) is 0 Å². The number of benzene rings is 3. The van der Waals surface area contributed by atoms with Crippen LogP contribution in [0.2, 0.25) is 0 Å². The third-order valence-electron chi connectivity index (χ3n) is 5.92. The summed E-state index contributed by atoms with van der Waals surface area (Å²) in [6, 6.07) is 27.0. The number of aryl methyl sites for hydroxylation is 1.